The molecule has 4 heterocycles. The largest absolute Gasteiger partial charge is 0.329 e. The number of amides is 1. The quantitative estimate of drug-likeness (QED) is 0.775. The summed E-state index contributed by atoms with van der Waals surface area (Å²) in [5.41, 5.74) is 2.66. The summed E-state index contributed by atoms with van der Waals surface area (Å²) in [5, 5.41) is 7.26. The lowest BCUT2D eigenvalue weighted by atomic mass is 9.99. The van der Waals surface area contributed by atoms with Crippen LogP contribution in [0.1, 0.15) is 54.1 Å². The maximum atomic E-state index is 13.0. The van der Waals surface area contributed by atoms with Crippen LogP contribution in [-0.2, 0) is 13.5 Å². The van der Waals surface area contributed by atoms with Gasteiger partial charge in [0.25, 0.3) is 11.5 Å². The summed E-state index contributed by atoms with van der Waals surface area (Å²) < 4.78 is 3.05. The lowest BCUT2D eigenvalue weighted by Crippen LogP contribution is -2.39. The average molecular weight is 354 g/mol. The predicted octanol–water partition coefficient (Wildman–Crippen LogP) is 1.69. The van der Waals surface area contributed by atoms with E-state index in [9.17, 15) is 9.59 Å². The van der Waals surface area contributed by atoms with Gasteiger partial charge in [-0.3, -0.25) is 19.4 Å². The molecule has 1 fully saturated rings. The van der Waals surface area contributed by atoms with E-state index in [1.807, 2.05) is 17.9 Å². The van der Waals surface area contributed by atoms with E-state index < -0.39 is 0 Å². The third-order valence-electron chi connectivity index (χ3n) is 5.05. The monoisotopic (exact) mass is 354 g/mol. The Morgan fingerprint density at radius 1 is 1.35 bits per heavy atom. The highest BCUT2D eigenvalue weighted by molar-refractivity contribution is 5.92. The molecule has 0 spiro atoms. The maximum Gasteiger partial charge on any atom is 0.272 e. The maximum absolute atomic E-state index is 13.0. The third-order valence-corrected chi connectivity index (χ3v) is 5.05. The van der Waals surface area contributed by atoms with Crippen molar-refractivity contribution < 1.29 is 4.79 Å². The van der Waals surface area contributed by atoms with Crippen molar-refractivity contribution in [1.82, 2.24) is 29.3 Å². The van der Waals surface area contributed by atoms with E-state index in [0.29, 0.717) is 24.3 Å². The van der Waals surface area contributed by atoms with Crippen molar-refractivity contribution in [2.45, 2.75) is 38.6 Å². The fraction of sp³-hybridized carbons (Fsp3) is 0.444. The SMILES string of the molecule is CCc1cc(=O)n2[nH]c([C@H]3CCCCN3C(=O)c3ccnn3C)cc2n1. The molecule has 4 rings (SSSR count). The van der Waals surface area contributed by atoms with Crippen molar-refractivity contribution in [3.8, 4) is 0 Å². The van der Waals surface area contributed by atoms with E-state index in [2.05, 4.69) is 15.2 Å². The molecule has 0 saturated carbocycles. The zero-order chi connectivity index (χ0) is 18.3. The summed E-state index contributed by atoms with van der Waals surface area (Å²) in [6.45, 7) is 2.66. The van der Waals surface area contributed by atoms with E-state index in [0.717, 1.165) is 30.7 Å². The number of likely N-dealkylation sites (tertiary alicyclic amines) is 1. The summed E-state index contributed by atoms with van der Waals surface area (Å²) in [6, 6.07) is 5.07. The third kappa shape index (κ3) is 2.71. The van der Waals surface area contributed by atoms with Gasteiger partial charge in [-0.1, -0.05) is 6.92 Å². The minimum Gasteiger partial charge on any atom is -0.329 e. The van der Waals surface area contributed by atoms with Crippen molar-refractivity contribution >= 4 is 11.6 Å². The molecule has 1 aliphatic heterocycles. The molecule has 1 saturated heterocycles. The van der Waals surface area contributed by atoms with Gasteiger partial charge in [0.2, 0.25) is 0 Å². The Kier molecular flexibility index (Phi) is 4.10. The molecule has 0 aliphatic carbocycles. The minimum atomic E-state index is -0.126. The predicted molar refractivity (Wildman–Crippen MR) is 96.0 cm³/mol. The molecule has 1 N–H and O–H groups in total. The first kappa shape index (κ1) is 16.6. The molecule has 136 valence electrons. The van der Waals surface area contributed by atoms with Crippen molar-refractivity contribution in [2.24, 2.45) is 7.05 Å². The molecule has 3 aromatic heterocycles. The zero-order valence-electron chi connectivity index (χ0n) is 15.0. The van der Waals surface area contributed by atoms with Crippen LogP contribution in [-0.4, -0.2) is 41.7 Å². The summed E-state index contributed by atoms with van der Waals surface area (Å²) >= 11 is 0. The number of rotatable bonds is 3. The number of hydrogen-bond donors (Lipinski definition) is 1. The first-order valence-corrected chi connectivity index (χ1v) is 8.99. The van der Waals surface area contributed by atoms with E-state index in [1.54, 1.807) is 30.1 Å². The topological polar surface area (TPSA) is 88.3 Å². The molecule has 8 heteroatoms. The molecule has 0 bridgehead atoms. The van der Waals surface area contributed by atoms with Crippen molar-refractivity contribution in [2.75, 3.05) is 6.54 Å². The molecular weight excluding hydrogens is 332 g/mol. The van der Waals surface area contributed by atoms with Crippen LogP contribution in [0, 0.1) is 0 Å². The Bertz CT molecular complexity index is 1010. The Labute approximate surface area is 150 Å². The van der Waals surface area contributed by atoms with E-state index in [-0.39, 0.29) is 17.5 Å². The molecule has 3 aromatic rings. The number of H-pyrrole nitrogens is 1. The molecule has 8 nitrogen and oxygen atoms in total. The lowest BCUT2D eigenvalue weighted by Gasteiger charge is -2.35. The Balaban J connectivity index is 1.73. The summed E-state index contributed by atoms with van der Waals surface area (Å²) in [6.07, 6.45) is 5.20. The van der Waals surface area contributed by atoms with Gasteiger partial charge in [0.15, 0.2) is 5.65 Å². The van der Waals surface area contributed by atoms with Crippen molar-refractivity contribution in [1.29, 1.82) is 0 Å². The van der Waals surface area contributed by atoms with Gasteiger partial charge in [-0.05, 0) is 31.7 Å². The normalized spacial score (nSPS) is 17.8. The second-order valence-corrected chi connectivity index (χ2v) is 6.69. The second kappa shape index (κ2) is 6.44. The number of fused-ring (bicyclic) bond motifs is 1. The number of carbonyl (C=O) groups excluding carboxylic acids is 1. The number of aromatic amines is 1. The summed E-state index contributed by atoms with van der Waals surface area (Å²) in [5.74, 6) is -0.0390. The zero-order valence-corrected chi connectivity index (χ0v) is 15.0. The molecule has 0 aromatic carbocycles. The van der Waals surface area contributed by atoms with E-state index in [1.165, 1.54) is 4.52 Å². The first-order chi connectivity index (χ1) is 12.6. The number of aromatic nitrogens is 5. The van der Waals surface area contributed by atoms with Gasteiger partial charge in [0, 0.05) is 37.6 Å². The van der Waals surface area contributed by atoms with Gasteiger partial charge in [-0.2, -0.15) is 5.10 Å². The molecule has 0 radical (unpaired) electrons. The van der Waals surface area contributed by atoms with Crippen LogP contribution in [0.5, 0.6) is 0 Å². The summed E-state index contributed by atoms with van der Waals surface area (Å²) in [7, 11) is 1.77. The van der Waals surface area contributed by atoms with Crippen LogP contribution in [0.15, 0.2) is 29.2 Å². The van der Waals surface area contributed by atoms with Crippen molar-refractivity contribution in [3.05, 3.63) is 51.8 Å². The number of nitrogens with one attached hydrogen (secondary N) is 1. The van der Waals surface area contributed by atoms with Gasteiger partial charge in [-0.15, -0.1) is 0 Å². The second-order valence-electron chi connectivity index (χ2n) is 6.69. The highest BCUT2D eigenvalue weighted by Gasteiger charge is 2.31. The van der Waals surface area contributed by atoms with Crippen LogP contribution in [0.3, 0.4) is 0 Å². The molecular formula is C18H22N6O2. The number of aryl methyl sites for hydroxylation is 2. The standard InChI is InChI=1S/C18H22N6O2/c1-3-12-10-17(25)24-16(20-12)11-13(21-24)14-6-4-5-9-23(14)18(26)15-7-8-19-22(15)2/h7-8,10-11,14,21H,3-6,9H2,1-2H3/t14-/m1/s1. The van der Waals surface area contributed by atoms with Gasteiger partial charge in [0.05, 0.1) is 11.7 Å². The lowest BCUT2D eigenvalue weighted by molar-refractivity contribution is 0.0594. The molecule has 26 heavy (non-hydrogen) atoms. The van der Waals surface area contributed by atoms with Crippen LogP contribution >= 0.6 is 0 Å². The average Bonchev–Trinajstić information content (AvgIpc) is 3.27. The van der Waals surface area contributed by atoms with Gasteiger partial charge in [-0.25, -0.2) is 9.50 Å². The van der Waals surface area contributed by atoms with Crippen molar-refractivity contribution in [3.63, 3.8) is 0 Å². The van der Waals surface area contributed by atoms with Crippen LogP contribution in [0.2, 0.25) is 0 Å². The molecule has 1 amide bonds. The number of piperidine rings is 1. The number of hydrogen-bond acceptors (Lipinski definition) is 4. The smallest absolute Gasteiger partial charge is 0.272 e. The highest BCUT2D eigenvalue weighted by atomic mass is 16.2. The molecule has 1 atom stereocenters. The minimum absolute atomic E-state index is 0.0390. The highest BCUT2D eigenvalue weighted by Crippen LogP contribution is 2.31. The van der Waals surface area contributed by atoms with Gasteiger partial charge >= 0.3 is 0 Å². The number of nitrogens with zero attached hydrogens (tertiary/aromatic N) is 5. The molecule has 0 unspecified atom stereocenters. The van der Waals surface area contributed by atoms with E-state index in [4.69, 9.17) is 0 Å². The van der Waals surface area contributed by atoms with E-state index >= 15 is 0 Å². The Hall–Kier alpha value is -2.90. The number of carbonyl (C=O) groups is 1. The van der Waals surface area contributed by atoms with Crippen LogP contribution < -0.4 is 5.56 Å². The van der Waals surface area contributed by atoms with Crippen LogP contribution in [0.4, 0.5) is 0 Å². The fourth-order valence-electron chi connectivity index (χ4n) is 3.64. The fourth-order valence-corrected chi connectivity index (χ4v) is 3.64. The first-order valence-electron chi connectivity index (χ1n) is 8.99. The molecule has 1 aliphatic rings. The summed E-state index contributed by atoms with van der Waals surface area (Å²) in [4.78, 5) is 31.7. The Morgan fingerprint density at radius 2 is 2.19 bits per heavy atom. The van der Waals surface area contributed by atoms with Gasteiger partial charge in [0.1, 0.15) is 5.69 Å². The Morgan fingerprint density at radius 3 is 2.92 bits per heavy atom. The van der Waals surface area contributed by atoms with Gasteiger partial charge < -0.3 is 4.90 Å². The van der Waals surface area contributed by atoms with Crippen LogP contribution in [0.25, 0.3) is 5.65 Å².